The molecule has 0 aromatic carbocycles. The first-order valence-electron chi connectivity index (χ1n) is 5.60. The molecule has 0 spiro atoms. The molecule has 0 unspecified atom stereocenters. The lowest BCUT2D eigenvalue weighted by Gasteiger charge is -2.04. The van der Waals surface area contributed by atoms with Gasteiger partial charge in [0.1, 0.15) is 11.6 Å². The fourth-order valence-corrected chi connectivity index (χ4v) is 1.71. The second-order valence-electron chi connectivity index (χ2n) is 4.05. The van der Waals surface area contributed by atoms with E-state index < -0.39 is 0 Å². The Morgan fingerprint density at radius 3 is 3.05 bits per heavy atom. The molecule has 19 heavy (non-hydrogen) atoms. The molecule has 0 saturated carbocycles. The van der Waals surface area contributed by atoms with Crippen LogP contribution in [0.1, 0.15) is 5.56 Å². The molecule has 0 radical (unpaired) electrons. The molecule has 0 aliphatic rings. The smallest absolute Gasteiger partial charge is 0.364 e. The van der Waals surface area contributed by atoms with Crippen LogP contribution in [-0.2, 0) is 13.6 Å². The Hall–Kier alpha value is -2.84. The second kappa shape index (κ2) is 4.12. The van der Waals surface area contributed by atoms with Gasteiger partial charge in [-0.2, -0.15) is 14.7 Å². The molecule has 0 aliphatic carbocycles. The molecule has 9 nitrogen and oxygen atoms in total. The number of aromatic amines is 1. The maximum atomic E-state index is 11.4. The first-order valence-corrected chi connectivity index (χ1v) is 5.60. The lowest BCUT2D eigenvalue weighted by Crippen LogP contribution is -2.14. The number of anilines is 2. The van der Waals surface area contributed by atoms with Crippen molar-refractivity contribution in [2.75, 3.05) is 11.1 Å². The van der Waals surface area contributed by atoms with Crippen LogP contribution in [0.5, 0.6) is 0 Å². The zero-order valence-corrected chi connectivity index (χ0v) is 10.2. The first kappa shape index (κ1) is 11.3. The molecule has 0 aliphatic heterocycles. The van der Waals surface area contributed by atoms with Gasteiger partial charge in [-0.25, -0.2) is 9.89 Å². The zero-order valence-electron chi connectivity index (χ0n) is 10.2. The van der Waals surface area contributed by atoms with Crippen LogP contribution in [0, 0.1) is 0 Å². The van der Waals surface area contributed by atoms with Gasteiger partial charge in [0.05, 0.1) is 6.20 Å². The molecule has 0 atom stereocenters. The Bertz CT molecular complexity index is 782. The largest absolute Gasteiger partial charge is 0.384 e. The third kappa shape index (κ3) is 1.90. The van der Waals surface area contributed by atoms with Crippen molar-refractivity contribution in [2.45, 2.75) is 6.54 Å². The highest BCUT2D eigenvalue weighted by Gasteiger charge is 2.06. The van der Waals surface area contributed by atoms with Gasteiger partial charge in [0.15, 0.2) is 5.65 Å². The van der Waals surface area contributed by atoms with E-state index in [0.717, 1.165) is 5.56 Å². The van der Waals surface area contributed by atoms with Crippen LogP contribution in [0.25, 0.3) is 5.65 Å². The number of H-pyrrole nitrogens is 1. The molecule has 0 fully saturated rings. The number of nitrogens with zero attached hydrogens (tertiary/aromatic N) is 5. The number of aromatic nitrogens is 6. The highest BCUT2D eigenvalue weighted by atomic mass is 16.2. The minimum absolute atomic E-state index is 0.375. The van der Waals surface area contributed by atoms with E-state index in [2.05, 4.69) is 25.7 Å². The lowest BCUT2D eigenvalue weighted by atomic mass is 10.3. The summed E-state index contributed by atoms with van der Waals surface area (Å²) in [6.45, 7) is 0.477. The standard InChI is InChI=1S/C10H12N8O/c1-17-9(11)6(5-13-17)4-12-7-2-3-8-14-15-10(19)18(8)16-7/h2-3,5H,4,11H2,1H3,(H,12,16)(H,15,19). The van der Waals surface area contributed by atoms with Crippen molar-refractivity contribution in [3.63, 3.8) is 0 Å². The lowest BCUT2D eigenvalue weighted by molar-refractivity contribution is 0.778. The SMILES string of the molecule is Cn1ncc(CNc2ccc3n[nH]c(=O)n3n2)c1N. The molecule has 3 aromatic heterocycles. The Labute approximate surface area is 107 Å². The summed E-state index contributed by atoms with van der Waals surface area (Å²) in [5.41, 5.74) is 6.79. The van der Waals surface area contributed by atoms with Gasteiger partial charge in [-0.3, -0.25) is 4.68 Å². The van der Waals surface area contributed by atoms with Gasteiger partial charge in [-0.1, -0.05) is 0 Å². The maximum Gasteiger partial charge on any atom is 0.364 e. The third-order valence-electron chi connectivity index (χ3n) is 2.80. The predicted molar refractivity (Wildman–Crippen MR) is 68.6 cm³/mol. The summed E-state index contributed by atoms with van der Waals surface area (Å²) in [4.78, 5) is 11.4. The quantitative estimate of drug-likeness (QED) is 0.575. The van der Waals surface area contributed by atoms with E-state index >= 15 is 0 Å². The first-order chi connectivity index (χ1) is 9.15. The summed E-state index contributed by atoms with van der Waals surface area (Å²) >= 11 is 0. The highest BCUT2D eigenvalue weighted by molar-refractivity contribution is 5.45. The van der Waals surface area contributed by atoms with Crippen molar-refractivity contribution < 1.29 is 0 Å². The second-order valence-corrected chi connectivity index (χ2v) is 4.05. The monoisotopic (exact) mass is 260 g/mol. The fourth-order valence-electron chi connectivity index (χ4n) is 1.71. The average molecular weight is 260 g/mol. The van der Waals surface area contributed by atoms with Crippen LogP contribution >= 0.6 is 0 Å². The Morgan fingerprint density at radius 1 is 1.47 bits per heavy atom. The van der Waals surface area contributed by atoms with Gasteiger partial charge < -0.3 is 11.1 Å². The van der Waals surface area contributed by atoms with E-state index in [-0.39, 0.29) is 5.69 Å². The summed E-state index contributed by atoms with van der Waals surface area (Å²) in [6, 6.07) is 3.43. The summed E-state index contributed by atoms with van der Waals surface area (Å²) in [6.07, 6.45) is 1.69. The normalized spacial score (nSPS) is 11.0. The molecule has 3 aromatic rings. The molecule has 0 saturated heterocycles. The molecule has 98 valence electrons. The molecule has 3 heterocycles. The van der Waals surface area contributed by atoms with Gasteiger partial charge in [0, 0.05) is 19.2 Å². The Balaban J connectivity index is 1.83. The number of fused-ring (bicyclic) bond motifs is 1. The summed E-state index contributed by atoms with van der Waals surface area (Å²) in [7, 11) is 1.77. The number of nitrogens with one attached hydrogen (secondary N) is 2. The number of hydrogen-bond acceptors (Lipinski definition) is 6. The summed E-state index contributed by atoms with van der Waals surface area (Å²) < 4.78 is 2.78. The predicted octanol–water partition coefficient (Wildman–Crippen LogP) is -0.655. The van der Waals surface area contributed by atoms with E-state index in [1.807, 2.05) is 0 Å². The molecule has 3 rings (SSSR count). The average Bonchev–Trinajstić information content (AvgIpc) is 2.93. The topological polar surface area (TPSA) is 119 Å². The Morgan fingerprint density at radius 2 is 2.32 bits per heavy atom. The van der Waals surface area contributed by atoms with Crippen LogP contribution < -0.4 is 16.7 Å². The summed E-state index contributed by atoms with van der Waals surface area (Å²) in [5, 5.41) is 17.4. The zero-order chi connectivity index (χ0) is 13.4. The van der Waals surface area contributed by atoms with Crippen LogP contribution in [0.15, 0.2) is 23.1 Å². The molecule has 9 heteroatoms. The minimum Gasteiger partial charge on any atom is -0.384 e. The van der Waals surface area contributed by atoms with E-state index in [9.17, 15) is 4.79 Å². The minimum atomic E-state index is -0.375. The van der Waals surface area contributed by atoms with Gasteiger partial charge in [0.25, 0.3) is 0 Å². The summed E-state index contributed by atoms with van der Waals surface area (Å²) in [5.74, 6) is 1.15. The van der Waals surface area contributed by atoms with Crippen LogP contribution in [0.3, 0.4) is 0 Å². The van der Waals surface area contributed by atoms with Crippen molar-refractivity contribution >= 4 is 17.3 Å². The van der Waals surface area contributed by atoms with Crippen molar-refractivity contribution in [3.8, 4) is 0 Å². The fraction of sp³-hybridized carbons (Fsp3) is 0.200. The molecule has 4 N–H and O–H groups in total. The van der Waals surface area contributed by atoms with Crippen molar-refractivity contribution in [1.82, 2.24) is 29.6 Å². The van der Waals surface area contributed by atoms with E-state index in [1.54, 1.807) is 30.1 Å². The van der Waals surface area contributed by atoms with Gasteiger partial charge in [-0.05, 0) is 12.1 Å². The van der Waals surface area contributed by atoms with E-state index in [1.165, 1.54) is 4.52 Å². The van der Waals surface area contributed by atoms with Crippen LogP contribution in [0.4, 0.5) is 11.6 Å². The highest BCUT2D eigenvalue weighted by Crippen LogP contribution is 2.11. The third-order valence-corrected chi connectivity index (χ3v) is 2.80. The van der Waals surface area contributed by atoms with Gasteiger partial charge in [0.2, 0.25) is 0 Å². The van der Waals surface area contributed by atoms with E-state index in [4.69, 9.17) is 5.73 Å². The number of nitrogens with two attached hydrogens (primary N) is 1. The van der Waals surface area contributed by atoms with Crippen molar-refractivity contribution in [2.24, 2.45) is 7.05 Å². The van der Waals surface area contributed by atoms with E-state index in [0.29, 0.717) is 23.8 Å². The molecular weight excluding hydrogens is 248 g/mol. The van der Waals surface area contributed by atoms with Gasteiger partial charge >= 0.3 is 5.69 Å². The van der Waals surface area contributed by atoms with Crippen molar-refractivity contribution in [3.05, 3.63) is 34.4 Å². The number of aryl methyl sites for hydroxylation is 1. The maximum absolute atomic E-state index is 11.4. The molecule has 0 amide bonds. The van der Waals surface area contributed by atoms with Crippen LogP contribution in [0.2, 0.25) is 0 Å². The Kier molecular flexibility index (Phi) is 2.44. The van der Waals surface area contributed by atoms with Crippen LogP contribution in [-0.4, -0.2) is 29.6 Å². The van der Waals surface area contributed by atoms with Crippen molar-refractivity contribution in [1.29, 1.82) is 0 Å². The van der Waals surface area contributed by atoms with Gasteiger partial charge in [-0.15, -0.1) is 5.10 Å². The molecule has 0 bridgehead atoms. The number of nitrogen functional groups attached to an aromatic ring is 1. The molecular formula is C10H12N8O. The number of rotatable bonds is 3. The number of hydrogen-bond donors (Lipinski definition) is 3.